The van der Waals surface area contributed by atoms with Gasteiger partial charge in [-0.15, -0.1) is 0 Å². The zero-order valence-electron chi connectivity index (χ0n) is 14.7. The first-order valence-electron chi connectivity index (χ1n) is 8.72. The number of hydrogen-bond donors (Lipinski definition) is 2. The predicted molar refractivity (Wildman–Crippen MR) is 94.1 cm³/mol. The Morgan fingerprint density at radius 2 is 1.88 bits per heavy atom. The summed E-state index contributed by atoms with van der Waals surface area (Å²) >= 11 is 0. The Morgan fingerprint density at radius 1 is 1.16 bits per heavy atom. The summed E-state index contributed by atoms with van der Waals surface area (Å²) in [6.45, 7) is 0.419. The lowest BCUT2D eigenvalue weighted by Crippen LogP contribution is -2.39. The summed E-state index contributed by atoms with van der Waals surface area (Å²) in [5.41, 5.74) is 0.605. The molecule has 0 aromatic heterocycles. The molecule has 1 saturated carbocycles. The van der Waals surface area contributed by atoms with Crippen molar-refractivity contribution in [2.45, 2.75) is 44.2 Å². The van der Waals surface area contributed by atoms with E-state index in [2.05, 4.69) is 10.6 Å². The SMILES string of the molecule is COc1ccc(NC(=O)C2CN(C3CCCCC3)C(=O)N2)cc1OC. The van der Waals surface area contributed by atoms with Crippen molar-refractivity contribution < 1.29 is 19.1 Å². The number of rotatable bonds is 5. The maximum Gasteiger partial charge on any atom is 0.318 e. The molecule has 2 aliphatic rings. The van der Waals surface area contributed by atoms with E-state index in [0.29, 0.717) is 23.7 Å². The quantitative estimate of drug-likeness (QED) is 0.857. The Hall–Kier alpha value is -2.44. The van der Waals surface area contributed by atoms with E-state index in [-0.39, 0.29) is 18.0 Å². The largest absolute Gasteiger partial charge is 0.493 e. The van der Waals surface area contributed by atoms with Crippen LogP contribution in [0.4, 0.5) is 10.5 Å². The number of benzene rings is 1. The Labute approximate surface area is 147 Å². The van der Waals surface area contributed by atoms with Crippen LogP contribution in [0.2, 0.25) is 0 Å². The Balaban J connectivity index is 1.63. The van der Waals surface area contributed by atoms with Crippen molar-refractivity contribution in [3.05, 3.63) is 18.2 Å². The van der Waals surface area contributed by atoms with Crippen molar-refractivity contribution in [1.82, 2.24) is 10.2 Å². The van der Waals surface area contributed by atoms with E-state index in [1.165, 1.54) is 6.42 Å². The Kier molecular flexibility index (Phi) is 5.31. The number of amides is 3. The number of hydrogen-bond acceptors (Lipinski definition) is 4. The Bertz CT molecular complexity index is 643. The molecule has 2 fully saturated rings. The van der Waals surface area contributed by atoms with E-state index < -0.39 is 6.04 Å². The van der Waals surface area contributed by atoms with Gasteiger partial charge in [0, 0.05) is 17.8 Å². The first-order valence-corrected chi connectivity index (χ1v) is 8.72. The molecule has 25 heavy (non-hydrogen) atoms. The molecule has 3 amide bonds. The lowest BCUT2D eigenvalue weighted by Gasteiger charge is -2.30. The van der Waals surface area contributed by atoms with Crippen molar-refractivity contribution in [1.29, 1.82) is 0 Å². The molecule has 1 aromatic carbocycles. The average molecular weight is 347 g/mol. The van der Waals surface area contributed by atoms with Gasteiger partial charge < -0.3 is 25.0 Å². The number of methoxy groups -OCH3 is 2. The lowest BCUT2D eigenvalue weighted by atomic mass is 9.94. The summed E-state index contributed by atoms with van der Waals surface area (Å²) in [6.07, 6.45) is 5.58. The molecule has 7 heteroatoms. The minimum atomic E-state index is -0.539. The highest BCUT2D eigenvalue weighted by Crippen LogP contribution is 2.30. The number of ether oxygens (including phenoxy) is 2. The molecule has 1 aliphatic carbocycles. The minimum Gasteiger partial charge on any atom is -0.493 e. The van der Waals surface area contributed by atoms with Crippen molar-refractivity contribution >= 4 is 17.6 Å². The molecule has 0 bridgehead atoms. The summed E-state index contributed by atoms with van der Waals surface area (Å²) in [6, 6.07) is 4.76. The molecule has 1 heterocycles. The number of carbonyl (C=O) groups is 2. The highest BCUT2D eigenvalue weighted by Gasteiger charge is 2.37. The number of urea groups is 1. The molecule has 1 unspecified atom stereocenters. The van der Waals surface area contributed by atoms with Gasteiger partial charge in [0.2, 0.25) is 5.91 Å². The second-order valence-corrected chi connectivity index (χ2v) is 6.51. The molecular formula is C18H25N3O4. The normalized spacial score (nSPS) is 21.0. The summed E-state index contributed by atoms with van der Waals surface area (Å²) in [4.78, 5) is 26.6. The van der Waals surface area contributed by atoms with Crippen LogP contribution in [0.25, 0.3) is 0 Å². The fourth-order valence-corrected chi connectivity index (χ4v) is 3.56. The molecule has 0 spiro atoms. The topological polar surface area (TPSA) is 79.9 Å². The van der Waals surface area contributed by atoms with Crippen LogP contribution in [0.1, 0.15) is 32.1 Å². The number of anilines is 1. The van der Waals surface area contributed by atoms with Gasteiger partial charge in [0.05, 0.1) is 20.8 Å². The third-order valence-corrected chi connectivity index (χ3v) is 4.92. The van der Waals surface area contributed by atoms with Gasteiger partial charge in [0.25, 0.3) is 0 Å². The fourth-order valence-electron chi connectivity index (χ4n) is 3.56. The number of nitrogens with zero attached hydrogens (tertiary/aromatic N) is 1. The van der Waals surface area contributed by atoms with E-state index in [1.807, 2.05) is 4.90 Å². The zero-order chi connectivity index (χ0) is 17.8. The monoisotopic (exact) mass is 347 g/mol. The zero-order valence-corrected chi connectivity index (χ0v) is 14.7. The van der Waals surface area contributed by atoms with Crippen molar-refractivity contribution in [3.8, 4) is 11.5 Å². The van der Waals surface area contributed by atoms with E-state index in [4.69, 9.17) is 9.47 Å². The standard InChI is InChI=1S/C18H25N3O4/c1-24-15-9-8-12(10-16(15)25-2)19-17(22)14-11-21(18(23)20-14)13-6-4-3-5-7-13/h8-10,13-14H,3-7,11H2,1-2H3,(H,19,22)(H,20,23). The summed E-state index contributed by atoms with van der Waals surface area (Å²) in [5, 5.41) is 5.63. The third-order valence-electron chi connectivity index (χ3n) is 4.92. The molecular weight excluding hydrogens is 322 g/mol. The maximum atomic E-state index is 12.5. The van der Waals surface area contributed by atoms with E-state index in [9.17, 15) is 9.59 Å². The average Bonchev–Trinajstić information content (AvgIpc) is 3.04. The number of nitrogens with one attached hydrogen (secondary N) is 2. The smallest absolute Gasteiger partial charge is 0.318 e. The fraction of sp³-hybridized carbons (Fsp3) is 0.556. The maximum absolute atomic E-state index is 12.5. The highest BCUT2D eigenvalue weighted by atomic mass is 16.5. The molecule has 1 aromatic rings. The summed E-state index contributed by atoms with van der Waals surface area (Å²) in [7, 11) is 3.10. The van der Waals surface area contributed by atoms with Crippen LogP contribution in [0.5, 0.6) is 11.5 Å². The van der Waals surface area contributed by atoms with Crippen LogP contribution < -0.4 is 20.1 Å². The molecule has 2 N–H and O–H groups in total. The highest BCUT2D eigenvalue weighted by molar-refractivity contribution is 5.99. The van der Waals surface area contributed by atoms with Crippen LogP contribution in [0.15, 0.2) is 18.2 Å². The Morgan fingerprint density at radius 3 is 2.56 bits per heavy atom. The van der Waals surface area contributed by atoms with E-state index in [1.54, 1.807) is 32.4 Å². The van der Waals surface area contributed by atoms with Gasteiger partial charge in [-0.1, -0.05) is 19.3 Å². The van der Waals surface area contributed by atoms with Crippen molar-refractivity contribution in [3.63, 3.8) is 0 Å². The first-order chi connectivity index (χ1) is 12.1. The second kappa shape index (κ2) is 7.63. The molecule has 3 rings (SSSR count). The van der Waals surface area contributed by atoms with Gasteiger partial charge in [0.1, 0.15) is 6.04 Å². The second-order valence-electron chi connectivity index (χ2n) is 6.51. The van der Waals surface area contributed by atoms with Crippen LogP contribution in [-0.4, -0.2) is 49.7 Å². The molecule has 0 radical (unpaired) electrons. The van der Waals surface area contributed by atoms with E-state index >= 15 is 0 Å². The summed E-state index contributed by atoms with van der Waals surface area (Å²) < 4.78 is 10.4. The van der Waals surface area contributed by atoms with Crippen LogP contribution in [0.3, 0.4) is 0 Å². The van der Waals surface area contributed by atoms with Crippen molar-refractivity contribution in [2.75, 3.05) is 26.1 Å². The van der Waals surface area contributed by atoms with Gasteiger partial charge >= 0.3 is 6.03 Å². The third kappa shape index (κ3) is 3.81. The lowest BCUT2D eigenvalue weighted by molar-refractivity contribution is -0.117. The minimum absolute atomic E-state index is 0.139. The predicted octanol–water partition coefficient (Wildman–Crippen LogP) is 2.37. The van der Waals surface area contributed by atoms with Gasteiger partial charge in [-0.3, -0.25) is 4.79 Å². The van der Waals surface area contributed by atoms with Gasteiger partial charge in [-0.2, -0.15) is 0 Å². The molecule has 1 aliphatic heterocycles. The van der Waals surface area contributed by atoms with Crippen molar-refractivity contribution in [2.24, 2.45) is 0 Å². The van der Waals surface area contributed by atoms with Gasteiger partial charge in [0.15, 0.2) is 11.5 Å². The molecule has 1 saturated heterocycles. The first kappa shape index (κ1) is 17.4. The van der Waals surface area contributed by atoms with Gasteiger partial charge in [-0.05, 0) is 25.0 Å². The van der Waals surface area contributed by atoms with E-state index in [0.717, 1.165) is 25.7 Å². The van der Waals surface area contributed by atoms with Gasteiger partial charge in [-0.25, -0.2) is 4.79 Å². The molecule has 7 nitrogen and oxygen atoms in total. The molecule has 1 atom stereocenters. The number of carbonyl (C=O) groups excluding carboxylic acids is 2. The van der Waals surface area contributed by atoms with Crippen LogP contribution in [-0.2, 0) is 4.79 Å². The summed E-state index contributed by atoms with van der Waals surface area (Å²) in [5.74, 6) is 0.914. The van der Waals surface area contributed by atoms with Crippen LogP contribution >= 0.6 is 0 Å². The van der Waals surface area contributed by atoms with Crippen LogP contribution in [0, 0.1) is 0 Å². The molecule has 136 valence electrons.